The number of hydrogen-bond acceptors (Lipinski definition) is 0. The van der Waals surface area contributed by atoms with Gasteiger partial charge in [0.15, 0.2) is 0 Å². The summed E-state index contributed by atoms with van der Waals surface area (Å²) in [6, 6.07) is 0. The largest absolute Gasteiger partial charge is 3.00 e. The summed E-state index contributed by atoms with van der Waals surface area (Å²) in [4.78, 5) is 5.23. The van der Waals surface area contributed by atoms with Gasteiger partial charge in [0.25, 0.3) is 0 Å². The Labute approximate surface area is 150 Å². The summed E-state index contributed by atoms with van der Waals surface area (Å²) in [7, 11) is -1.49. The molecule has 1 aliphatic carbocycles. The number of hydrogen-bond donors (Lipinski definition) is 0. The molecule has 0 spiro atoms. The Hall–Kier alpha value is 1.06. The smallest absolute Gasteiger partial charge is 0.660 e. The van der Waals surface area contributed by atoms with Crippen LogP contribution in [-0.2, 0) is 26.2 Å². The van der Waals surface area contributed by atoms with Crippen molar-refractivity contribution >= 4 is 8.24 Å². The average Bonchev–Trinajstić information content (AvgIpc) is 2.27. The molecule has 1 aliphatic rings. The van der Waals surface area contributed by atoms with Gasteiger partial charge in [0.1, 0.15) is 0 Å². The van der Waals surface area contributed by atoms with Crippen molar-refractivity contribution < 1.29 is 26.2 Å². The molecule has 0 aliphatic heterocycles. The van der Waals surface area contributed by atoms with Crippen molar-refractivity contribution in [2.45, 2.75) is 72.6 Å². The standard InChI is InChI=1S/C15H32NSi.2CH3.Zr/c1-10-11(2)13(4)14(12(10)3)17(8,9)16-15(5,6)7;;;/h10-14H,1-9H3;2*1H3;/q3*-1;+3/t10-,11?,12-,13-,14?;;;/m1.../s1. The molecular formula is C17H38NSiZr. The molecule has 2 unspecified atom stereocenters. The van der Waals surface area contributed by atoms with Gasteiger partial charge in [-0.15, -0.1) is 5.54 Å². The number of nitrogens with zero attached hydrogens (tertiary/aromatic N) is 1. The zero-order chi connectivity index (χ0) is 13.6. The van der Waals surface area contributed by atoms with Crippen LogP contribution in [0.4, 0.5) is 0 Å². The van der Waals surface area contributed by atoms with Crippen molar-refractivity contribution in [3.63, 3.8) is 0 Å². The molecule has 119 valence electrons. The van der Waals surface area contributed by atoms with Crippen LogP contribution in [0.2, 0.25) is 18.6 Å². The van der Waals surface area contributed by atoms with E-state index in [1.165, 1.54) is 0 Å². The molecule has 3 heteroatoms. The zero-order valence-corrected chi connectivity index (χ0v) is 19.3. The van der Waals surface area contributed by atoms with Crippen molar-refractivity contribution in [2.24, 2.45) is 23.7 Å². The quantitative estimate of drug-likeness (QED) is 0.403. The Morgan fingerprint density at radius 2 is 1.05 bits per heavy atom. The first-order chi connectivity index (χ1) is 7.47. The van der Waals surface area contributed by atoms with E-state index >= 15 is 0 Å². The first-order valence-electron chi connectivity index (χ1n) is 7.21. The zero-order valence-electron chi connectivity index (χ0n) is 15.8. The van der Waals surface area contributed by atoms with Crippen LogP contribution in [0.5, 0.6) is 0 Å². The third-order valence-electron chi connectivity index (χ3n) is 5.06. The van der Waals surface area contributed by atoms with Gasteiger partial charge in [0.2, 0.25) is 0 Å². The van der Waals surface area contributed by atoms with Crippen LogP contribution < -0.4 is 0 Å². The second kappa shape index (κ2) is 8.63. The minimum absolute atomic E-state index is 0. The van der Waals surface area contributed by atoms with Crippen LogP contribution in [-0.4, -0.2) is 13.8 Å². The van der Waals surface area contributed by atoms with Gasteiger partial charge in [0.05, 0.1) is 0 Å². The summed E-state index contributed by atoms with van der Waals surface area (Å²) in [5.74, 6) is 3.40. The van der Waals surface area contributed by atoms with E-state index < -0.39 is 8.24 Å². The van der Waals surface area contributed by atoms with Gasteiger partial charge in [-0.1, -0.05) is 75.3 Å². The summed E-state index contributed by atoms with van der Waals surface area (Å²) < 4.78 is 0. The van der Waals surface area contributed by atoms with Crippen LogP contribution in [0.3, 0.4) is 0 Å². The SMILES string of the molecule is CC1[C@@H](C)C([Si](C)(C)[N-]C(C)(C)C)[C@H](C)[C@@H]1C.[CH3-].[CH3-].[Zr+3]. The molecule has 1 radical (unpaired) electrons. The van der Waals surface area contributed by atoms with E-state index in [-0.39, 0.29) is 46.6 Å². The van der Waals surface area contributed by atoms with E-state index in [1.807, 2.05) is 0 Å². The molecule has 1 nitrogen and oxygen atoms in total. The summed E-state index contributed by atoms with van der Waals surface area (Å²) >= 11 is 0. The maximum absolute atomic E-state index is 5.23. The van der Waals surface area contributed by atoms with E-state index in [0.29, 0.717) is 0 Å². The van der Waals surface area contributed by atoms with Crippen molar-refractivity contribution in [2.75, 3.05) is 0 Å². The van der Waals surface area contributed by atoms with Gasteiger partial charge in [-0.2, -0.15) is 0 Å². The average molecular weight is 376 g/mol. The fourth-order valence-electron chi connectivity index (χ4n) is 4.32. The molecule has 1 rings (SSSR count). The molecule has 0 saturated heterocycles. The topological polar surface area (TPSA) is 14.1 Å². The van der Waals surface area contributed by atoms with Crippen LogP contribution in [0.15, 0.2) is 0 Å². The Balaban J connectivity index is -0.000000963. The van der Waals surface area contributed by atoms with Gasteiger partial charge in [-0.25, -0.2) is 0 Å². The van der Waals surface area contributed by atoms with Gasteiger partial charge in [-0.05, 0) is 23.7 Å². The van der Waals surface area contributed by atoms with E-state index in [0.717, 1.165) is 29.2 Å². The summed E-state index contributed by atoms with van der Waals surface area (Å²) in [6.07, 6.45) is 0. The molecular weight excluding hydrogens is 338 g/mol. The molecule has 0 aromatic heterocycles. The fraction of sp³-hybridized carbons (Fsp3) is 0.882. The Bertz CT molecular complexity index is 259. The van der Waals surface area contributed by atoms with E-state index in [9.17, 15) is 0 Å². The first-order valence-corrected chi connectivity index (χ1v) is 10.2. The number of rotatable bonds is 2. The predicted octanol–water partition coefficient (Wildman–Crippen LogP) is 6.19. The molecule has 5 atom stereocenters. The van der Waals surface area contributed by atoms with Gasteiger partial charge in [-0.3, -0.25) is 0 Å². The molecule has 1 fully saturated rings. The Kier molecular flexibility index (Phi) is 11.2. The van der Waals surface area contributed by atoms with Gasteiger partial charge >= 0.3 is 26.2 Å². The molecule has 0 amide bonds. The molecule has 0 N–H and O–H groups in total. The first kappa shape index (κ1) is 26.0. The normalized spacial score (nSPS) is 33.8. The molecule has 0 bridgehead atoms. The summed E-state index contributed by atoms with van der Waals surface area (Å²) in [5.41, 5.74) is 0.983. The maximum atomic E-state index is 5.23. The third kappa shape index (κ3) is 5.69. The maximum Gasteiger partial charge on any atom is 3.00 e. The second-order valence-corrected chi connectivity index (χ2v) is 12.1. The van der Waals surface area contributed by atoms with Gasteiger partial charge < -0.3 is 19.8 Å². The molecule has 0 heterocycles. The van der Waals surface area contributed by atoms with Crippen LogP contribution in [0.25, 0.3) is 4.98 Å². The molecule has 0 aromatic rings. The van der Waals surface area contributed by atoms with Crippen molar-refractivity contribution in [1.29, 1.82) is 0 Å². The second-order valence-electron chi connectivity index (χ2n) is 7.90. The molecule has 20 heavy (non-hydrogen) atoms. The molecule has 1 saturated carbocycles. The van der Waals surface area contributed by atoms with Crippen molar-refractivity contribution in [1.82, 2.24) is 0 Å². The minimum atomic E-state index is -1.49. The summed E-state index contributed by atoms with van der Waals surface area (Å²) in [5, 5.41) is 0. The van der Waals surface area contributed by atoms with E-state index in [2.05, 4.69) is 61.6 Å². The van der Waals surface area contributed by atoms with Crippen molar-refractivity contribution in [3.05, 3.63) is 19.8 Å². The van der Waals surface area contributed by atoms with E-state index in [4.69, 9.17) is 4.98 Å². The monoisotopic (exact) mass is 374 g/mol. The molecule has 0 aromatic carbocycles. The van der Waals surface area contributed by atoms with Crippen LogP contribution >= 0.6 is 0 Å². The van der Waals surface area contributed by atoms with Crippen molar-refractivity contribution in [3.8, 4) is 0 Å². The third-order valence-corrected chi connectivity index (χ3v) is 8.99. The minimum Gasteiger partial charge on any atom is -0.660 e. The summed E-state index contributed by atoms with van der Waals surface area (Å²) in [6.45, 7) is 21.5. The van der Waals surface area contributed by atoms with Crippen LogP contribution in [0, 0.1) is 38.5 Å². The Morgan fingerprint density at radius 1 is 0.750 bits per heavy atom. The predicted molar refractivity (Wildman–Crippen MR) is 93.8 cm³/mol. The Morgan fingerprint density at radius 3 is 1.30 bits per heavy atom. The van der Waals surface area contributed by atoms with Gasteiger partial charge in [0, 0.05) is 0 Å². The van der Waals surface area contributed by atoms with Crippen LogP contribution in [0.1, 0.15) is 48.5 Å². The van der Waals surface area contributed by atoms with E-state index in [1.54, 1.807) is 0 Å². The fourth-order valence-corrected chi connectivity index (χ4v) is 9.37.